The monoisotopic (exact) mass is 229 g/mol. The number of imidazole rings is 1. The average molecular weight is 229 g/mol. The first kappa shape index (κ1) is 9.76. The van der Waals surface area contributed by atoms with E-state index < -0.39 is 0 Å². The van der Waals surface area contributed by atoms with Crippen LogP contribution in [0.15, 0.2) is 24.7 Å². The van der Waals surface area contributed by atoms with Crippen molar-refractivity contribution in [2.24, 2.45) is 0 Å². The van der Waals surface area contributed by atoms with Gasteiger partial charge in [-0.15, -0.1) is 5.10 Å². The Labute approximate surface area is 96.9 Å². The molecule has 7 heteroatoms. The van der Waals surface area contributed by atoms with Gasteiger partial charge in [-0.25, -0.2) is 14.6 Å². The van der Waals surface area contributed by atoms with Crippen molar-refractivity contribution < 1.29 is 0 Å². The number of hydrogen-bond donors (Lipinski definition) is 1. The summed E-state index contributed by atoms with van der Waals surface area (Å²) in [5.74, 6) is 1.13. The molecule has 0 aliphatic heterocycles. The molecule has 0 bridgehead atoms. The highest BCUT2D eigenvalue weighted by Crippen LogP contribution is 2.08. The van der Waals surface area contributed by atoms with Crippen molar-refractivity contribution in [2.45, 2.75) is 13.5 Å². The molecular formula is C10H11N7. The van der Waals surface area contributed by atoms with Crippen LogP contribution in [-0.4, -0.2) is 29.4 Å². The molecule has 0 saturated heterocycles. The molecule has 0 saturated carbocycles. The second-order valence-electron chi connectivity index (χ2n) is 3.78. The SMILES string of the molecule is Cc1c(N)nnn1Cc1cn2cccnc2n1. The van der Waals surface area contributed by atoms with Crippen molar-refractivity contribution >= 4 is 11.6 Å². The third kappa shape index (κ3) is 1.61. The maximum absolute atomic E-state index is 5.64. The summed E-state index contributed by atoms with van der Waals surface area (Å²) in [6.45, 7) is 2.42. The van der Waals surface area contributed by atoms with Gasteiger partial charge in [0.2, 0.25) is 5.78 Å². The van der Waals surface area contributed by atoms with Gasteiger partial charge in [0.25, 0.3) is 0 Å². The van der Waals surface area contributed by atoms with E-state index in [0.717, 1.165) is 11.4 Å². The van der Waals surface area contributed by atoms with Crippen molar-refractivity contribution in [1.29, 1.82) is 0 Å². The second-order valence-corrected chi connectivity index (χ2v) is 3.78. The van der Waals surface area contributed by atoms with Crippen LogP contribution in [0.4, 0.5) is 5.82 Å². The number of nitrogens with two attached hydrogens (primary N) is 1. The van der Waals surface area contributed by atoms with Gasteiger partial charge in [-0.05, 0) is 13.0 Å². The van der Waals surface area contributed by atoms with E-state index in [-0.39, 0.29) is 0 Å². The fourth-order valence-electron chi connectivity index (χ4n) is 1.63. The maximum Gasteiger partial charge on any atom is 0.233 e. The van der Waals surface area contributed by atoms with Gasteiger partial charge in [-0.1, -0.05) is 5.21 Å². The number of fused-ring (bicyclic) bond motifs is 1. The van der Waals surface area contributed by atoms with E-state index in [1.807, 2.05) is 29.8 Å². The Hall–Kier alpha value is -2.44. The number of hydrogen-bond acceptors (Lipinski definition) is 5. The topological polar surface area (TPSA) is 86.9 Å². The van der Waals surface area contributed by atoms with Gasteiger partial charge >= 0.3 is 0 Å². The largest absolute Gasteiger partial charge is 0.381 e. The van der Waals surface area contributed by atoms with Crippen LogP contribution in [0.2, 0.25) is 0 Å². The third-order valence-corrected chi connectivity index (χ3v) is 2.62. The second kappa shape index (κ2) is 3.55. The summed E-state index contributed by atoms with van der Waals surface area (Å²) >= 11 is 0. The molecular weight excluding hydrogens is 218 g/mol. The summed E-state index contributed by atoms with van der Waals surface area (Å²) in [5.41, 5.74) is 7.35. The molecule has 0 aliphatic rings. The van der Waals surface area contributed by atoms with Crippen LogP contribution in [-0.2, 0) is 6.54 Å². The molecule has 2 N–H and O–H groups in total. The number of anilines is 1. The van der Waals surface area contributed by atoms with E-state index in [2.05, 4.69) is 20.3 Å². The lowest BCUT2D eigenvalue weighted by Gasteiger charge is -1.98. The molecule has 86 valence electrons. The van der Waals surface area contributed by atoms with E-state index in [4.69, 9.17) is 5.73 Å². The Balaban J connectivity index is 1.97. The Morgan fingerprint density at radius 1 is 1.41 bits per heavy atom. The number of nitrogens with zero attached hydrogens (tertiary/aromatic N) is 6. The van der Waals surface area contributed by atoms with E-state index in [1.165, 1.54) is 0 Å². The van der Waals surface area contributed by atoms with Gasteiger partial charge in [0.05, 0.1) is 17.9 Å². The average Bonchev–Trinajstić information content (AvgIpc) is 2.87. The molecule has 0 spiro atoms. The third-order valence-electron chi connectivity index (χ3n) is 2.62. The van der Waals surface area contributed by atoms with Gasteiger partial charge in [0.15, 0.2) is 5.82 Å². The highest BCUT2D eigenvalue weighted by Gasteiger charge is 2.08. The van der Waals surface area contributed by atoms with Crippen LogP contribution in [0.3, 0.4) is 0 Å². The quantitative estimate of drug-likeness (QED) is 0.681. The van der Waals surface area contributed by atoms with Crippen molar-refractivity contribution in [3.63, 3.8) is 0 Å². The Morgan fingerprint density at radius 3 is 3.00 bits per heavy atom. The summed E-state index contributed by atoms with van der Waals surface area (Å²) in [7, 11) is 0. The Bertz CT molecular complexity index is 633. The fourth-order valence-corrected chi connectivity index (χ4v) is 1.63. The van der Waals surface area contributed by atoms with Gasteiger partial charge in [0, 0.05) is 18.6 Å². The summed E-state index contributed by atoms with van der Waals surface area (Å²) in [5, 5.41) is 7.76. The van der Waals surface area contributed by atoms with Crippen molar-refractivity contribution in [1.82, 2.24) is 29.4 Å². The first-order chi connectivity index (χ1) is 8.24. The van der Waals surface area contributed by atoms with E-state index >= 15 is 0 Å². The van der Waals surface area contributed by atoms with E-state index in [1.54, 1.807) is 10.9 Å². The van der Waals surface area contributed by atoms with Crippen LogP contribution >= 0.6 is 0 Å². The lowest BCUT2D eigenvalue weighted by Crippen LogP contribution is -2.04. The first-order valence-corrected chi connectivity index (χ1v) is 5.18. The van der Waals surface area contributed by atoms with Crippen LogP contribution in [0.5, 0.6) is 0 Å². The predicted molar refractivity (Wildman–Crippen MR) is 61.3 cm³/mol. The first-order valence-electron chi connectivity index (χ1n) is 5.18. The molecule has 0 aliphatic carbocycles. The molecule has 3 aromatic rings. The van der Waals surface area contributed by atoms with Gasteiger partial charge in [-0.3, -0.25) is 4.40 Å². The molecule has 3 aromatic heterocycles. The Kier molecular flexibility index (Phi) is 2.04. The molecule has 3 heterocycles. The van der Waals surface area contributed by atoms with Crippen molar-refractivity contribution in [2.75, 3.05) is 5.73 Å². The minimum Gasteiger partial charge on any atom is -0.381 e. The molecule has 0 unspecified atom stereocenters. The number of rotatable bonds is 2. The summed E-state index contributed by atoms with van der Waals surface area (Å²) in [6.07, 6.45) is 5.53. The molecule has 3 rings (SSSR count). The zero-order chi connectivity index (χ0) is 11.8. The molecule has 0 fully saturated rings. The van der Waals surface area contributed by atoms with Gasteiger partial charge in [0.1, 0.15) is 0 Å². The van der Waals surface area contributed by atoms with Gasteiger partial charge < -0.3 is 5.73 Å². The molecule has 0 atom stereocenters. The number of aromatic nitrogens is 6. The lowest BCUT2D eigenvalue weighted by molar-refractivity contribution is 0.625. The van der Waals surface area contributed by atoms with Crippen LogP contribution in [0, 0.1) is 6.92 Å². The van der Waals surface area contributed by atoms with E-state index in [0.29, 0.717) is 18.1 Å². The lowest BCUT2D eigenvalue weighted by atomic mass is 10.4. The van der Waals surface area contributed by atoms with Crippen LogP contribution in [0.25, 0.3) is 5.78 Å². The minimum absolute atomic E-state index is 0.451. The molecule has 0 aromatic carbocycles. The predicted octanol–water partition coefficient (Wildman–Crippen LogP) is 0.260. The zero-order valence-electron chi connectivity index (χ0n) is 9.28. The molecule has 0 amide bonds. The highest BCUT2D eigenvalue weighted by atomic mass is 15.4. The summed E-state index contributed by atoms with van der Waals surface area (Å²) in [6, 6.07) is 1.86. The van der Waals surface area contributed by atoms with Crippen LogP contribution in [0.1, 0.15) is 11.4 Å². The minimum atomic E-state index is 0.451. The maximum atomic E-state index is 5.64. The summed E-state index contributed by atoms with van der Waals surface area (Å²) in [4.78, 5) is 8.53. The van der Waals surface area contributed by atoms with E-state index in [9.17, 15) is 0 Å². The van der Waals surface area contributed by atoms with Gasteiger partial charge in [-0.2, -0.15) is 0 Å². The van der Waals surface area contributed by atoms with Crippen molar-refractivity contribution in [3.05, 3.63) is 36.0 Å². The van der Waals surface area contributed by atoms with Crippen LogP contribution < -0.4 is 5.73 Å². The summed E-state index contributed by atoms with van der Waals surface area (Å²) < 4.78 is 3.59. The zero-order valence-corrected chi connectivity index (χ0v) is 9.28. The normalized spacial score (nSPS) is 11.1. The fraction of sp³-hybridized carbons (Fsp3) is 0.200. The number of nitrogen functional groups attached to an aromatic ring is 1. The van der Waals surface area contributed by atoms with Crippen molar-refractivity contribution in [3.8, 4) is 0 Å². The Morgan fingerprint density at radius 2 is 2.29 bits per heavy atom. The molecule has 17 heavy (non-hydrogen) atoms. The molecule has 7 nitrogen and oxygen atoms in total. The molecule has 0 radical (unpaired) electrons. The highest BCUT2D eigenvalue weighted by molar-refractivity contribution is 5.33. The standard InChI is InChI=1S/C10H11N7/c1-7-9(11)14-15-17(7)6-8-5-16-4-2-3-12-10(16)13-8/h2-5H,6,11H2,1H3. The smallest absolute Gasteiger partial charge is 0.233 e.